The average Bonchev–Trinajstić information content (AvgIpc) is 2.80. The molecule has 0 spiro atoms. The fourth-order valence-corrected chi connectivity index (χ4v) is 4.83. The van der Waals surface area contributed by atoms with Crippen molar-refractivity contribution in [1.29, 1.82) is 0 Å². The Morgan fingerprint density at radius 1 is 0.371 bits per heavy atom. The Morgan fingerprint density at radius 3 is 0.771 bits per heavy atom. The summed E-state index contributed by atoms with van der Waals surface area (Å²) in [6.45, 7) is 0. The van der Waals surface area contributed by atoms with Crippen LogP contribution in [0, 0.1) is 0 Å². The number of carbonyl (C=O) groups is 1. The Morgan fingerprint density at radius 2 is 0.571 bits per heavy atom. The van der Waals surface area contributed by atoms with Crippen molar-refractivity contribution in [3.63, 3.8) is 0 Å². The molecule has 0 radical (unpaired) electrons. The maximum absolute atomic E-state index is 12.1. The van der Waals surface area contributed by atoms with Gasteiger partial charge in [0.15, 0.2) is 0 Å². The molecule has 0 heterocycles. The molecule has 0 aliphatic heterocycles. The lowest BCUT2D eigenvalue weighted by Crippen LogP contribution is -2.06. The van der Waals surface area contributed by atoms with Crippen LogP contribution < -0.4 is 0 Å². The highest BCUT2D eigenvalue weighted by Gasteiger charge is 2.25. The first-order valence-electron chi connectivity index (χ1n) is 15.2. The smallest absolute Gasteiger partial charge is 0.261 e. The van der Waals surface area contributed by atoms with Crippen molar-refractivity contribution in [3.05, 3.63) is 0 Å². The largest absolute Gasteiger partial charge is 0.389 e. The second-order valence-electron chi connectivity index (χ2n) is 10.7. The molecule has 5 heteroatoms. The highest BCUT2D eigenvalue weighted by Crippen LogP contribution is 2.23. The predicted octanol–water partition coefficient (Wildman–Crippen LogP) is 12.0. The summed E-state index contributed by atoms with van der Waals surface area (Å²) in [4.78, 5) is 10.2. The second-order valence-corrected chi connectivity index (χ2v) is 10.7. The number of halogens is 4. The summed E-state index contributed by atoms with van der Waals surface area (Å²) in [6, 6.07) is -1.17. The van der Waals surface area contributed by atoms with E-state index >= 15 is 0 Å². The molecule has 35 heavy (non-hydrogen) atoms. The molecule has 0 aromatic heterocycles. The number of unbranched alkanes of at least 4 members (excludes halogenated alkanes) is 25. The van der Waals surface area contributed by atoms with Crippen LogP contribution in [0.2, 0.25) is 0 Å². The quantitative estimate of drug-likeness (QED) is 0.0583. The van der Waals surface area contributed by atoms with Crippen molar-refractivity contribution in [1.82, 2.24) is 0 Å². The topological polar surface area (TPSA) is 17.1 Å². The number of rotatable bonds is 28. The van der Waals surface area contributed by atoms with E-state index in [1.54, 1.807) is 0 Å². The monoisotopic (exact) mass is 508 g/mol. The second kappa shape index (κ2) is 26.5. The Hall–Kier alpha value is -0.610. The molecule has 0 aromatic carbocycles. The third-order valence-electron chi connectivity index (χ3n) is 7.08. The van der Waals surface area contributed by atoms with Crippen LogP contribution in [0.4, 0.5) is 17.6 Å². The molecule has 0 amide bonds. The van der Waals surface area contributed by atoms with Gasteiger partial charge in [-0.1, -0.05) is 154 Å². The Bertz CT molecular complexity index is 437. The molecule has 1 nitrogen and oxygen atoms in total. The normalized spacial score (nSPS) is 11.9. The van der Waals surface area contributed by atoms with Gasteiger partial charge in [-0.05, 0) is 12.8 Å². The number of hydrogen-bond donors (Lipinski definition) is 0. The minimum Gasteiger partial charge on any atom is -0.261 e. The zero-order valence-electron chi connectivity index (χ0n) is 22.7. The third-order valence-corrected chi connectivity index (χ3v) is 7.08. The Kier molecular flexibility index (Phi) is 26.0. The van der Waals surface area contributed by atoms with E-state index in [1.165, 1.54) is 122 Å². The van der Waals surface area contributed by atoms with Crippen LogP contribution in [-0.4, -0.2) is 12.2 Å². The molecular formula is C30H56F4O. The van der Waals surface area contributed by atoms with Crippen LogP contribution in [0.3, 0.4) is 0 Å². The lowest BCUT2D eigenvalue weighted by Gasteiger charge is -2.06. The summed E-state index contributed by atoms with van der Waals surface area (Å²) in [5.74, 6) is 0. The van der Waals surface area contributed by atoms with Gasteiger partial charge >= 0.3 is 12.2 Å². The van der Waals surface area contributed by atoms with Gasteiger partial charge in [-0.2, -0.15) is 17.6 Å². The highest BCUT2D eigenvalue weighted by atomic mass is 19.4. The van der Waals surface area contributed by atoms with E-state index in [-0.39, 0.29) is 6.42 Å². The van der Waals surface area contributed by atoms with Gasteiger partial charge in [-0.15, -0.1) is 0 Å². The first-order chi connectivity index (χ1) is 16.9. The SMILES string of the molecule is O=C(F)CCCCCCCCCCCCCCCCCCCCCCCCCCCCC(F)(F)F. The van der Waals surface area contributed by atoms with Crippen LogP contribution in [0.5, 0.6) is 0 Å². The molecule has 0 aliphatic rings. The van der Waals surface area contributed by atoms with Gasteiger partial charge in [0.2, 0.25) is 0 Å². The molecule has 0 bridgehead atoms. The molecule has 0 atom stereocenters. The Balaban J connectivity index is 3.05. The van der Waals surface area contributed by atoms with Crippen molar-refractivity contribution in [2.24, 2.45) is 0 Å². The van der Waals surface area contributed by atoms with E-state index in [4.69, 9.17) is 0 Å². The number of carbonyl (C=O) groups excluding carboxylic acids is 1. The molecule has 0 rings (SSSR count). The van der Waals surface area contributed by atoms with Gasteiger partial charge in [0.1, 0.15) is 0 Å². The highest BCUT2D eigenvalue weighted by molar-refractivity contribution is 5.67. The van der Waals surface area contributed by atoms with Gasteiger partial charge < -0.3 is 0 Å². The van der Waals surface area contributed by atoms with Crippen molar-refractivity contribution in [2.75, 3.05) is 0 Å². The predicted molar refractivity (Wildman–Crippen MR) is 141 cm³/mol. The van der Waals surface area contributed by atoms with Crippen molar-refractivity contribution < 1.29 is 22.4 Å². The van der Waals surface area contributed by atoms with E-state index in [2.05, 4.69) is 0 Å². The van der Waals surface area contributed by atoms with E-state index in [9.17, 15) is 22.4 Å². The molecule has 210 valence electrons. The van der Waals surface area contributed by atoms with Gasteiger partial charge in [0.25, 0.3) is 0 Å². The molecule has 0 unspecified atom stereocenters. The van der Waals surface area contributed by atoms with Gasteiger partial charge in [0.05, 0.1) is 0 Å². The summed E-state index contributed by atoms with van der Waals surface area (Å²) in [5.41, 5.74) is 0. The lowest BCUT2D eigenvalue weighted by atomic mass is 10.0. The standard InChI is InChI=1S/C30H56F4O/c31-29(35)27-25-23-21-19-17-15-13-11-9-7-5-3-1-2-4-6-8-10-12-14-16-18-20-22-24-26-28-30(32,33)34/h1-28H2. The average molecular weight is 509 g/mol. The first kappa shape index (κ1) is 34.4. The molecule has 0 saturated carbocycles. The molecule has 0 aromatic rings. The fourth-order valence-electron chi connectivity index (χ4n) is 4.83. The van der Waals surface area contributed by atoms with E-state index < -0.39 is 18.6 Å². The zero-order chi connectivity index (χ0) is 25.9. The van der Waals surface area contributed by atoms with E-state index in [0.717, 1.165) is 32.1 Å². The molecule has 0 N–H and O–H groups in total. The molecular weight excluding hydrogens is 452 g/mol. The maximum Gasteiger partial charge on any atom is 0.389 e. The maximum atomic E-state index is 12.1. The van der Waals surface area contributed by atoms with Crippen LogP contribution >= 0.6 is 0 Å². The van der Waals surface area contributed by atoms with Crippen molar-refractivity contribution >= 4 is 6.04 Å². The summed E-state index contributed by atoms with van der Waals surface area (Å²) in [5, 5.41) is 0. The summed E-state index contributed by atoms with van der Waals surface area (Å²) in [6.07, 6.45) is 26.7. The van der Waals surface area contributed by atoms with E-state index in [0.29, 0.717) is 12.8 Å². The van der Waals surface area contributed by atoms with Crippen LogP contribution in [-0.2, 0) is 4.79 Å². The first-order valence-corrected chi connectivity index (χ1v) is 15.2. The van der Waals surface area contributed by atoms with E-state index in [1.807, 2.05) is 0 Å². The lowest BCUT2D eigenvalue weighted by molar-refractivity contribution is -0.135. The molecule has 0 saturated heterocycles. The number of hydrogen-bond acceptors (Lipinski definition) is 1. The van der Waals surface area contributed by atoms with Crippen molar-refractivity contribution in [3.8, 4) is 0 Å². The summed E-state index contributed by atoms with van der Waals surface area (Å²) in [7, 11) is 0. The summed E-state index contributed by atoms with van der Waals surface area (Å²) < 4.78 is 48.2. The zero-order valence-corrected chi connectivity index (χ0v) is 22.7. The van der Waals surface area contributed by atoms with Gasteiger partial charge in [-0.3, -0.25) is 4.79 Å². The fraction of sp³-hybridized carbons (Fsp3) is 0.967. The molecule has 0 fully saturated rings. The minimum atomic E-state index is -3.98. The number of alkyl halides is 3. The van der Waals surface area contributed by atoms with Crippen molar-refractivity contribution in [2.45, 2.75) is 186 Å². The molecule has 0 aliphatic carbocycles. The van der Waals surface area contributed by atoms with Crippen LogP contribution in [0.1, 0.15) is 180 Å². The summed E-state index contributed by atoms with van der Waals surface area (Å²) >= 11 is 0. The van der Waals surface area contributed by atoms with Crippen LogP contribution in [0.15, 0.2) is 0 Å². The van der Waals surface area contributed by atoms with Gasteiger partial charge in [-0.25, -0.2) is 0 Å². The minimum absolute atomic E-state index is 0.104. The Labute approximate surface area is 214 Å². The third kappa shape index (κ3) is 33.4. The van der Waals surface area contributed by atoms with Crippen LogP contribution in [0.25, 0.3) is 0 Å². The van der Waals surface area contributed by atoms with Gasteiger partial charge in [0, 0.05) is 12.8 Å².